The van der Waals surface area contributed by atoms with Gasteiger partial charge in [-0.25, -0.2) is 4.98 Å². The minimum atomic E-state index is -0.704. The molecule has 2 unspecified atom stereocenters. The zero-order chi connectivity index (χ0) is 14.8. The van der Waals surface area contributed by atoms with Crippen molar-refractivity contribution >= 4 is 11.6 Å². The van der Waals surface area contributed by atoms with E-state index in [1.54, 1.807) is 36.7 Å². The van der Waals surface area contributed by atoms with Gasteiger partial charge in [0.2, 0.25) is 0 Å². The van der Waals surface area contributed by atoms with Crippen molar-refractivity contribution in [2.24, 2.45) is 5.41 Å². The molecule has 2 rings (SSSR count). The van der Waals surface area contributed by atoms with Gasteiger partial charge in [-0.3, -0.25) is 0 Å². The number of nitrogens with one attached hydrogen (secondary N) is 1. The molecule has 0 bridgehead atoms. The minimum Gasteiger partial charge on any atom is -0.480 e. The van der Waals surface area contributed by atoms with Crippen molar-refractivity contribution < 1.29 is 9.84 Å². The Balaban J connectivity index is 2.26. The Morgan fingerprint density at radius 1 is 1.25 bits per heavy atom. The summed E-state index contributed by atoms with van der Waals surface area (Å²) in [5, 5.41) is 11.2. The molecule has 0 fully saturated rings. The fraction of sp³-hybridized carbons (Fsp3) is 0.400. The Morgan fingerprint density at radius 3 is 2.40 bits per heavy atom. The number of nitrogens with zero attached hydrogens (tertiary/aromatic N) is 1. The maximum absolute atomic E-state index is 10.5. The Hall–Kier alpha value is -1.52. The standard InChI is InChI=1S/C15H19ClN2O2/c1-15(2,3)13(19)12(14-17-8-9-18-14)20-11-6-4-10(16)5-7-11/h4-9,12-13,19H,1-3H3,(H,17,18). The molecule has 0 spiro atoms. The lowest BCUT2D eigenvalue weighted by Gasteiger charge is -2.32. The molecular formula is C15H19ClN2O2. The first kappa shape index (κ1) is 14.9. The van der Waals surface area contributed by atoms with E-state index < -0.39 is 12.2 Å². The average Bonchev–Trinajstić information content (AvgIpc) is 2.90. The van der Waals surface area contributed by atoms with Gasteiger partial charge in [0.1, 0.15) is 17.7 Å². The van der Waals surface area contributed by atoms with Crippen molar-refractivity contribution in [1.82, 2.24) is 9.97 Å². The summed E-state index contributed by atoms with van der Waals surface area (Å²) in [6.45, 7) is 5.87. The molecular weight excluding hydrogens is 276 g/mol. The van der Waals surface area contributed by atoms with Crippen LogP contribution in [0.3, 0.4) is 0 Å². The number of imidazole rings is 1. The molecule has 4 nitrogen and oxygen atoms in total. The number of hydrogen-bond donors (Lipinski definition) is 2. The molecule has 1 aromatic carbocycles. The molecule has 0 aliphatic rings. The highest BCUT2D eigenvalue weighted by Gasteiger charge is 2.34. The van der Waals surface area contributed by atoms with Gasteiger partial charge in [0.25, 0.3) is 0 Å². The van der Waals surface area contributed by atoms with Crippen LogP contribution in [0.1, 0.15) is 32.7 Å². The normalized spacial score (nSPS) is 14.8. The lowest BCUT2D eigenvalue weighted by Crippen LogP contribution is -2.36. The maximum atomic E-state index is 10.5. The van der Waals surface area contributed by atoms with Crippen molar-refractivity contribution in [2.75, 3.05) is 0 Å². The lowest BCUT2D eigenvalue weighted by molar-refractivity contribution is -0.0366. The summed E-state index contributed by atoms with van der Waals surface area (Å²) in [6.07, 6.45) is 2.08. The molecule has 0 aliphatic heterocycles. The van der Waals surface area contributed by atoms with Gasteiger partial charge in [0.15, 0.2) is 6.10 Å². The highest BCUT2D eigenvalue weighted by Crippen LogP contribution is 2.32. The van der Waals surface area contributed by atoms with Crippen LogP contribution in [-0.4, -0.2) is 21.2 Å². The molecule has 1 heterocycles. The van der Waals surface area contributed by atoms with Crippen LogP contribution >= 0.6 is 11.6 Å². The third-order valence-electron chi connectivity index (χ3n) is 3.04. The van der Waals surface area contributed by atoms with Gasteiger partial charge >= 0.3 is 0 Å². The summed E-state index contributed by atoms with van der Waals surface area (Å²) >= 11 is 5.86. The number of aliphatic hydroxyl groups is 1. The smallest absolute Gasteiger partial charge is 0.182 e. The summed E-state index contributed by atoms with van der Waals surface area (Å²) < 4.78 is 5.90. The van der Waals surface area contributed by atoms with Crippen LogP contribution in [0.5, 0.6) is 5.75 Å². The third-order valence-corrected chi connectivity index (χ3v) is 3.29. The van der Waals surface area contributed by atoms with E-state index in [-0.39, 0.29) is 5.41 Å². The quantitative estimate of drug-likeness (QED) is 0.906. The molecule has 108 valence electrons. The minimum absolute atomic E-state index is 0.329. The fourth-order valence-electron chi connectivity index (χ4n) is 1.82. The van der Waals surface area contributed by atoms with Gasteiger partial charge in [-0.2, -0.15) is 0 Å². The van der Waals surface area contributed by atoms with E-state index in [4.69, 9.17) is 16.3 Å². The molecule has 0 saturated carbocycles. The number of hydrogen-bond acceptors (Lipinski definition) is 3. The van der Waals surface area contributed by atoms with Gasteiger partial charge in [0, 0.05) is 17.4 Å². The molecule has 0 amide bonds. The number of aromatic amines is 1. The van der Waals surface area contributed by atoms with Crippen molar-refractivity contribution in [1.29, 1.82) is 0 Å². The second kappa shape index (κ2) is 5.85. The van der Waals surface area contributed by atoms with Crippen molar-refractivity contribution in [3.63, 3.8) is 0 Å². The third kappa shape index (κ3) is 3.52. The number of aromatic nitrogens is 2. The first-order valence-electron chi connectivity index (χ1n) is 6.47. The summed E-state index contributed by atoms with van der Waals surface area (Å²) in [5.41, 5.74) is -0.329. The van der Waals surface area contributed by atoms with Gasteiger partial charge in [-0.1, -0.05) is 32.4 Å². The van der Waals surface area contributed by atoms with Crippen LogP contribution < -0.4 is 4.74 Å². The van der Waals surface area contributed by atoms with Crippen molar-refractivity contribution in [2.45, 2.75) is 33.0 Å². The SMILES string of the molecule is CC(C)(C)C(O)C(Oc1ccc(Cl)cc1)c1ncc[nH]1. The monoisotopic (exact) mass is 294 g/mol. The largest absolute Gasteiger partial charge is 0.480 e. The zero-order valence-electron chi connectivity index (χ0n) is 11.8. The van der Waals surface area contributed by atoms with Crippen LogP contribution in [0, 0.1) is 5.41 Å². The molecule has 2 aromatic rings. The van der Waals surface area contributed by atoms with E-state index in [1.165, 1.54) is 0 Å². The molecule has 2 N–H and O–H groups in total. The summed E-state index contributed by atoms with van der Waals surface area (Å²) in [4.78, 5) is 7.20. The van der Waals surface area contributed by atoms with Gasteiger partial charge in [-0.05, 0) is 29.7 Å². The highest BCUT2D eigenvalue weighted by atomic mass is 35.5. The summed E-state index contributed by atoms with van der Waals surface area (Å²) in [7, 11) is 0. The van der Waals surface area contributed by atoms with Crippen LogP contribution in [0.2, 0.25) is 5.02 Å². The number of ether oxygens (including phenoxy) is 1. The highest BCUT2D eigenvalue weighted by molar-refractivity contribution is 6.30. The molecule has 0 aliphatic carbocycles. The van der Waals surface area contributed by atoms with Crippen molar-refractivity contribution in [3.05, 3.63) is 47.5 Å². The van der Waals surface area contributed by atoms with Gasteiger partial charge < -0.3 is 14.8 Å². The number of H-pyrrole nitrogens is 1. The fourth-order valence-corrected chi connectivity index (χ4v) is 1.94. The number of benzene rings is 1. The van der Waals surface area contributed by atoms with E-state index in [1.807, 2.05) is 20.8 Å². The second-order valence-corrected chi connectivity index (χ2v) is 6.21. The Morgan fingerprint density at radius 2 is 1.90 bits per heavy atom. The van der Waals surface area contributed by atoms with E-state index >= 15 is 0 Å². The van der Waals surface area contributed by atoms with E-state index in [2.05, 4.69) is 9.97 Å². The Labute approximate surface area is 123 Å². The molecule has 2 atom stereocenters. The summed E-state index contributed by atoms with van der Waals surface area (Å²) in [6, 6.07) is 7.04. The predicted molar refractivity (Wildman–Crippen MR) is 78.9 cm³/mol. The lowest BCUT2D eigenvalue weighted by atomic mass is 9.85. The van der Waals surface area contributed by atoms with E-state index in [9.17, 15) is 5.11 Å². The number of rotatable bonds is 4. The molecule has 20 heavy (non-hydrogen) atoms. The van der Waals surface area contributed by atoms with Crippen molar-refractivity contribution in [3.8, 4) is 5.75 Å². The second-order valence-electron chi connectivity index (χ2n) is 5.78. The maximum Gasteiger partial charge on any atom is 0.182 e. The van der Waals surface area contributed by atoms with Crippen LogP contribution in [-0.2, 0) is 0 Å². The Bertz CT molecular complexity index is 532. The first-order chi connectivity index (χ1) is 9.38. The molecule has 5 heteroatoms. The average molecular weight is 295 g/mol. The predicted octanol–water partition coefficient (Wildman–Crippen LogP) is 3.59. The summed E-state index contributed by atoms with van der Waals surface area (Å²) in [5.74, 6) is 1.24. The van der Waals surface area contributed by atoms with Gasteiger partial charge in [0.05, 0.1) is 0 Å². The van der Waals surface area contributed by atoms with Crippen LogP contribution in [0.25, 0.3) is 0 Å². The molecule has 1 aromatic heterocycles. The molecule has 0 saturated heterocycles. The Kier molecular flexibility index (Phi) is 4.35. The molecule has 0 radical (unpaired) electrons. The zero-order valence-corrected chi connectivity index (χ0v) is 12.6. The first-order valence-corrected chi connectivity index (χ1v) is 6.85. The van der Waals surface area contributed by atoms with E-state index in [0.29, 0.717) is 16.6 Å². The number of aliphatic hydroxyl groups excluding tert-OH is 1. The van der Waals surface area contributed by atoms with Crippen LogP contribution in [0.4, 0.5) is 0 Å². The van der Waals surface area contributed by atoms with E-state index in [0.717, 1.165) is 0 Å². The topological polar surface area (TPSA) is 58.1 Å². The van der Waals surface area contributed by atoms with Gasteiger partial charge in [-0.15, -0.1) is 0 Å². The number of halogens is 1. The van der Waals surface area contributed by atoms with Crippen LogP contribution in [0.15, 0.2) is 36.7 Å².